The molecule has 2 aromatic heterocycles. The monoisotopic (exact) mass is 274 g/mol. The Hall–Kier alpha value is -1.39. The van der Waals surface area contributed by atoms with E-state index < -0.39 is 0 Å². The Bertz CT molecular complexity index is 762. The van der Waals surface area contributed by atoms with E-state index in [1.807, 2.05) is 11.3 Å². The molecule has 0 aliphatic rings. The van der Waals surface area contributed by atoms with E-state index in [0.29, 0.717) is 0 Å². The minimum absolute atomic E-state index is 0.797. The van der Waals surface area contributed by atoms with Gasteiger partial charge in [-0.1, -0.05) is 12.1 Å². The molecular formula is C14H14N2S2. The molecule has 0 radical (unpaired) electrons. The summed E-state index contributed by atoms with van der Waals surface area (Å²) < 4.78 is 2.98. The second-order valence-corrected chi connectivity index (χ2v) is 6.26. The van der Waals surface area contributed by atoms with Crippen molar-refractivity contribution in [3.05, 3.63) is 50.4 Å². The predicted molar refractivity (Wildman–Crippen MR) is 80.0 cm³/mol. The molecule has 2 nitrogen and oxygen atoms in total. The summed E-state index contributed by atoms with van der Waals surface area (Å²) in [4.78, 5) is 5.96. The zero-order chi connectivity index (χ0) is 12.7. The van der Waals surface area contributed by atoms with Crippen LogP contribution in [0.15, 0.2) is 30.3 Å². The first-order valence-corrected chi connectivity index (χ1v) is 7.11. The largest absolute Gasteiger partial charge is 0.331 e. The summed E-state index contributed by atoms with van der Waals surface area (Å²) in [6.07, 6.45) is 0. The van der Waals surface area contributed by atoms with Crippen molar-refractivity contribution in [2.75, 3.05) is 0 Å². The minimum Gasteiger partial charge on any atom is -0.331 e. The van der Waals surface area contributed by atoms with E-state index >= 15 is 0 Å². The summed E-state index contributed by atoms with van der Waals surface area (Å²) in [5.74, 6) is 0. The molecule has 0 fully saturated rings. The summed E-state index contributed by atoms with van der Waals surface area (Å²) in [6, 6.07) is 10.6. The molecule has 0 atom stereocenters. The van der Waals surface area contributed by atoms with Crippen LogP contribution in [0.3, 0.4) is 0 Å². The zero-order valence-corrected chi connectivity index (χ0v) is 12.0. The molecule has 0 bridgehead atoms. The molecule has 0 saturated carbocycles. The second-order valence-electron chi connectivity index (χ2n) is 4.50. The van der Waals surface area contributed by atoms with Gasteiger partial charge in [-0.3, -0.25) is 0 Å². The number of nitrogens with zero attached hydrogens (tertiary/aromatic N) is 1. The van der Waals surface area contributed by atoms with Gasteiger partial charge in [0.2, 0.25) is 0 Å². The Labute approximate surface area is 115 Å². The number of H-pyrrole nitrogens is 1. The van der Waals surface area contributed by atoms with Gasteiger partial charge in [-0.25, -0.2) is 0 Å². The van der Waals surface area contributed by atoms with Crippen LogP contribution in [0.5, 0.6) is 0 Å². The molecule has 3 aromatic rings. The number of rotatable bonds is 2. The Morgan fingerprint density at radius 2 is 2.06 bits per heavy atom. The number of aryl methyl sites for hydroxylation is 2. The van der Waals surface area contributed by atoms with Crippen molar-refractivity contribution in [3.8, 4) is 0 Å². The molecule has 92 valence electrons. The number of hydrogen-bond acceptors (Lipinski definition) is 2. The van der Waals surface area contributed by atoms with E-state index in [1.165, 1.54) is 20.8 Å². The first kappa shape index (κ1) is 11.7. The molecule has 0 aliphatic heterocycles. The zero-order valence-electron chi connectivity index (χ0n) is 10.4. The summed E-state index contributed by atoms with van der Waals surface area (Å²) in [5, 5.41) is 0. The minimum atomic E-state index is 0.797. The number of imidazole rings is 1. The molecule has 0 spiro atoms. The number of para-hydroxylation sites is 1. The van der Waals surface area contributed by atoms with Gasteiger partial charge in [-0.05, 0) is 49.8 Å². The fraction of sp³-hybridized carbons (Fsp3) is 0.214. The molecule has 3 rings (SSSR count). The molecule has 0 amide bonds. The molecule has 1 N–H and O–H groups in total. The van der Waals surface area contributed by atoms with Crippen molar-refractivity contribution in [1.29, 1.82) is 0 Å². The highest BCUT2D eigenvalue weighted by molar-refractivity contribution is 7.71. The average molecular weight is 274 g/mol. The van der Waals surface area contributed by atoms with Crippen LogP contribution in [0.1, 0.15) is 15.3 Å². The van der Waals surface area contributed by atoms with Crippen LogP contribution in [0, 0.1) is 18.6 Å². The summed E-state index contributed by atoms with van der Waals surface area (Å²) in [7, 11) is 0. The number of nitrogens with one attached hydrogen (secondary N) is 1. The fourth-order valence-electron chi connectivity index (χ4n) is 2.28. The molecule has 0 unspecified atom stereocenters. The van der Waals surface area contributed by atoms with E-state index in [4.69, 9.17) is 12.2 Å². The van der Waals surface area contributed by atoms with Crippen molar-refractivity contribution >= 4 is 34.6 Å². The molecule has 18 heavy (non-hydrogen) atoms. The number of benzene rings is 1. The lowest BCUT2D eigenvalue weighted by Crippen LogP contribution is -1.98. The fourth-order valence-corrected chi connectivity index (χ4v) is 3.42. The van der Waals surface area contributed by atoms with Crippen LogP contribution in [-0.4, -0.2) is 9.55 Å². The van der Waals surface area contributed by atoms with Crippen LogP contribution in [0.4, 0.5) is 0 Å². The highest BCUT2D eigenvalue weighted by Gasteiger charge is 2.08. The van der Waals surface area contributed by atoms with Crippen molar-refractivity contribution in [1.82, 2.24) is 9.55 Å². The Morgan fingerprint density at radius 1 is 1.22 bits per heavy atom. The van der Waals surface area contributed by atoms with Gasteiger partial charge in [0, 0.05) is 9.75 Å². The summed E-state index contributed by atoms with van der Waals surface area (Å²) in [5.41, 5.74) is 3.59. The van der Waals surface area contributed by atoms with E-state index in [9.17, 15) is 0 Å². The first-order chi connectivity index (χ1) is 8.65. The standard InChI is InChI=1S/C14H14N2S2/c1-9-4-3-5-12-13(9)16(14(17)15-12)8-11-7-6-10(2)18-11/h3-7H,8H2,1-2H3,(H,15,17). The maximum absolute atomic E-state index is 5.43. The van der Waals surface area contributed by atoms with Gasteiger partial charge in [0.05, 0.1) is 17.6 Å². The van der Waals surface area contributed by atoms with Gasteiger partial charge in [-0.15, -0.1) is 11.3 Å². The van der Waals surface area contributed by atoms with Gasteiger partial charge in [0.15, 0.2) is 4.77 Å². The number of aromatic amines is 1. The third-order valence-corrected chi connectivity index (χ3v) is 4.41. The predicted octanol–water partition coefficient (Wildman–Crippen LogP) is 4.43. The normalized spacial score (nSPS) is 11.2. The molecule has 4 heteroatoms. The SMILES string of the molecule is Cc1ccc(Cn2c(=S)[nH]c3cccc(C)c32)s1. The first-order valence-electron chi connectivity index (χ1n) is 5.88. The number of fused-ring (bicyclic) bond motifs is 1. The van der Waals surface area contributed by atoms with Crippen molar-refractivity contribution in [3.63, 3.8) is 0 Å². The highest BCUT2D eigenvalue weighted by Crippen LogP contribution is 2.22. The van der Waals surface area contributed by atoms with Crippen LogP contribution < -0.4 is 0 Å². The van der Waals surface area contributed by atoms with E-state index in [-0.39, 0.29) is 0 Å². The van der Waals surface area contributed by atoms with E-state index in [1.54, 1.807) is 0 Å². The smallest absolute Gasteiger partial charge is 0.178 e. The van der Waals surface area contributed by atoms with Gasteiger partial charge in [0.1, 0.15) is 0 Å². The number of aromatic nitrogens is 2. The van der Waals surface area contributed by atoms with E-state index in [2.05, 4.69) is 53.7 Å². The third-order valence-electron chi connectivity index (χ3n) is 3.10. The Kier molecular flexibility index (Phi) is 2.84. The van der Waals surface area contributed by atoms with Crippen molar-refractivity contribution in [2.45, 2.75) is 20.4 Å². The summed E-state index contributed by atoms with van der Waals surface area (Å²) in [6.45, 7) is 5.11. The van der Waals surface area contributed by atoms with Gasteiger partial charge < -0.3 is 9.55 Å². The van der Waals surface area contributed by atoms with Gasteiger partial charge >= 0.3 is 0 Å². The van der Waals surface area contributed by atoms with Crippen LogP contribution >= 0.6 is 23.6 Å². The topological polar surface area (TPSA) is 20.7 Å². The molecule has 0 saturated heterocycles. The lowest BCUT2D eigenvalue weighted by atomic mass is 10.2. The van der Waals surface area contributed by atoms with Crippen LogP contribution in [-0.2, 0) is 6.54 Å². The maximum atomic E-state index is 5.43. The lowest BCUT2D eigenvalue weighted by Gasteiger charge is -2.04. The highest BCUT2D eigenvalue weighted by atomic mass is 32.1. The van der Waals surface area contributed by atoms with Crippen LogP contribution in [0.25, 0.3) is 11.0 Å². The summed E-state index contributed by atoms with van der Waals surface area (Å²) >= 11 is 7.26. The Balaban J connectivity index is 2.16. The van der Waals surface area contributed by atoms with Gasteiger partial charge in [-0.2, -0.15) is 0 Å². The molecule has 2 heterocycles. The number of thiophene rings is 1. The molecule has 0 aliphatic carbocycles. The van der Waals surface area contributed by atoms with Crippen molar-refractivity contribution < 1.29 is 0 Å². The average Bonchev–Trinajstić information content (AvgIpc) is 2.85. The number of hydrogen-bond donors (Lipinski definition) is 1. The molecule has 1 aromatic carbocycles. The lowest BCUT2D eigenvalue weighted by molar-refractivity contribution is 0.821. The second kappa shape index (κ2) is 4.37. The van der Waals surface area contributed by atoms with E-state index in [0.717, 1.165) is 16.8 Å². The van der Waals surface area contributed by atoms with Gasteiger partial charge in [0.25, 0.3) is 0 Å². The maximum Gasteiger partial charge on any atom is 0.178 e. The Morgan fingerprint density at radius 3 is 2.78 bits per heavy atom. The quantitative estimate of drug-likeness (QED) is 0.686. The third kappa shape index (κ3) is 1.91. The van der Waals surface area contributed by atoms with Crippen molar-refractivity contribution in [2.24, 2.45) is 0 Å². The van der Waals surface area contributed by atoms with Crippen LogP contribution in [0.2, 0.25) is 0 Å². The molecular weight excluding hydrogens is 260 g/mol.